The van der Waals surface area contributed by atoms with Crippen molar-refractivity contribution in [2.75, 3.05) is 23.3 Å². The number of aromatic amines is 1. The molecular weight excluding hydrogens is 298 g/mol. The van der Waals surface area contributed by atoms with Gasteiger partial charge in [0.05, 0.1) is 5.02 Å². The molecule has 0 spiro atoms. The summed E-state index contributed by atoms with van der Waals surface area (Å²) in [5.41, 5.74) is 2.46. The van der Waals surface area contributed by atoms with Crippen LogP contribution in [0.4, 0.5) is 11.4 Å². The fraction of sp³-hybridized carbons (Fsp3) is 0.353. The SMILES string of the molecule is CC1CCN(c2ccc(NC(=O)c3cc(Cl)c[nH]3)cc2)CC1. The van der Waals surface area contributed by atoms with E-state index < -0.39 is 0 Å². The van der Waals surface area contributed by atoms with E-state index in [9.17, 15) is 4.79 Å². The molecule has 1 aliphatic heterocycles. The molecule has 0 aliphatic carbocycles. The van der Waals surface area contributed by atoms with Crippen molar-refractivity contribution < 1.29 is 4.79 Å². The lowest BCUT2D eigenvalue weighted by Crippen LogP contribution is -2.32. The topological polar surface area (TPSA) is 48.1 Å². The van der Waals surface area contributed by atoms with Crippen LogP contribution in [0, 0.1) is 5.92 Å². The first-order valence-corrected chi connectivity index (χ1v) is 8.00. The summed E-state index contributed by atoms with van der Waals surface area (Å²) in [5, 5.41) is 3.39. The van der Waals surface area contributed by atoms with Crippen LogP contribution in [0.5, 0.6) is 0 Å². The van der Waals surface area contributed by atoms with Crippen molar-refractivity contribution in [3.05, 3.63) is 47.2 Å². The van der Waals surface area contributed by atoms with Gasteiger partial charge in [0, 0.05) is 30.7 Å². The van der Waals surface area contributed by atoms with Crippen molar-refractivity contribution >= 4 is 28.9 Å². The number of piperidine rings is 1. The molecular formula is C17H20ClN3O. The molecule has 0 radical (unpaired) electrons. The maximum absolute atomic E-state index is 12.0. The molecule has 0 unspecified atom stereocenters. The van der Waals surface area contributed by atoms with Gasteiger partial charge in [-0.1, -0.05) is 18.5 Å². The Hall–Kier alpha value is -1.94. The molecule has 1 aromatic carbocycles. The van der Waals surface area contributed by atoms with E-state index in [2.05, 4.69) is 34.3 Å². The minimum absolute atomic E-state index is 0.188. The lowest BCUT2D eigenvalue weighted by molar-refractivity contribution is 0.102. The summed E-state index contributed by atoms with van der Waals surface area (Å²) in [7, 11) is 0. The molecule has 5 heteroatoms. The van der Waals surface area contributed by atoms with Crippen molar-refractivity contribution in [1.82, 2.24) is 4.98 Å². The van der Waals surface area contributed by atoms with E-state index >= 15 is 0 Å². The Morgan fingerprint density at radius 1 is 1.27 bits per heavy atom. The third-order valence-corrected chi connectivity index (χ3v) is 4.38. The number of anilines is 2. The van der Waals surface area contributed by atoms with E-state index in [4.69, 9.17) is 11.6 Å². The van der Waals surface area contributed by atoms with Gasteiger partial charge in [-0.2, -0.15) is 0 Å². The number of amides is 1. The highest BCUT2D eigenvalue weighted by molar-refractivity contribution is 6.31. The minimum atomic E-state index is -0.188. The fourth-order valence-corrected chi connectivity index (χ4v) is 2.88. The van der Waals surface area contributed by atoms with Crippen LogP contribution in [0.15, 0.2) is 36.5 Å². The van der Waals surface area contributed by atoms with Crippen LogP contribution in [-0.4, -0.2) is 24.0 Å². The van der Waals surface area contributed by atoms with Crippen molar-refractivity contribution in [3.63, 3.8) is 0 Å². The molecule has 1 saturated heterocycles. The summed E-state index contributed by atoms with van der Waals surface area (Å²) >= 11 is 5.81. The number of nitrogens with one attached hydrogen (secondary N) is 2. The zero-order valence-corrected chi connectivity index (χ0v) is 13.4. The van der Waals surface area contributed by atoms with Crippen molar-refractivity contribution in [3.8, 4) is 0 Å². The van der Waals surface area contributed by atoms with Crippen LogP contribution in [0.2, 0.25) is 5.02 Å². The third kappa shape index (κ3) is 3.45. The third-order valence-electron chi connectivity index (χ3n) is 4.17. The first kappa shape index (κ1) is 15.0. The van der Waals surface area contributed by atoms with Crippen LogP contribution in [-0.2, 0) is 0 Å². The van der Waals surface area contributed by atoms with Gasteiger partial charge in [-0.25, -0.2) is 0 Å². The second kappa shape index (κ2) is 6.44. The van der Waals surface area contributed by atoms with Crippen LogP contribution in [0.3, 0.4) is 0 Å². The lowest BCUT2D eigenvalue weighted by atomic mass is 9.99. The number of carbonyl (C=O) groups is 1. The molecule has 3 rings (SSSR count). The van der Waals surface area contributed by atoms with Gasteiger partial charge < -0.3 is 15.2 Å². The lowest BCUT2D eigenvalue weighted by Gasteiger charge is -2.32. The number of hydrogen-bond donors (Lipinski definition) is 2. The molecule has 116 valence electrons. The molecule has 22 heavy (non-hydrogen) atoms. The Balaban J connectivity index is 1.63. The maximum atomic E-state index is 12.0. The van der Waals surface area contributed by atoms with Crippen molar-refractivity contribution in [2.24, 2.45) is 5.92 Å². The summed E-state index contributed by atoms with van der Waals surface area (Å²) in [6.07, 6.45) is 4.08. The van der Waals surface area contributed by atoms with Gasteiger partial charge in [-0.15, -0.1) is 0 Å². The van der Waals surface area contributed by atoms with Gasteiger partial charge in [0.2, 0.25) is 0 Å². The van der Waals surface area contributed by atoms with E-state index in [-0.39, 0.29) is 5.91 Å². The van der Waals surface area contributed by atoms with Gasteiger partial charge in [-0.05, 0) is 49.1 Å². The summed E-state index contributed by atoms with van der Waals surface area (Å²) in [6.45, 7) is 4.52. The number of hydrogen-bond acceptors (Lipinski definition) is 2. The van der Waals surface area contributed by atoms with Crippen molar-refractivity contribution in [2.45, 2.75) is 19.8 Å². The molecule has 2 N–H and O–H groups in total. The van der Waals surface area contributed by atoms with E-state index in [0.29, 0.717) is 10.7 Å². The molecule has 1 aromatic heterocycles. The average molecular weight is 318 g/mol. The zero-order valence-electron chi connectivity index (χ0n) is 12.6. The fourth-order valence-electron chi connectivity index (χ4n) is 2.72. The average Bonchev–Trinajstić information content (AvgIpc) is 2.96. The van der Waals surface area contributed by atoms with Gasteiger partial charge in [0.1, 0.15) is 5.69 Å². The number of halogens is 1. The van der Waals surface area contributed by atoms with Crippen LogP contribution >= 0.6 is 11.6 Å². The van der Waals surface area contributed by atoms with Crippen LogP contribution in [0.25, 0.3) is 0 Å². The number of rotatable bonds is 3. The highest BCUT2D eigenvalue weighted by atomic mass is 35.5. The number of H-pyrrole nitrogens is 1. The predicted molar refractivity (Wildman–Crippen MR) is 90.8 cm³/mol. The Kier molecular flexibility index (Phi) is 4.39. The Morgan fingerprint density at radius 3 is 2.55 bits per heavy atom. The number of nitrogens with zero attached hydrogens (tertiary/aromatic N) is 1. The summed E-state index contributed by atoms with van der Waals surface area (Å²) in [5.74, 6) is 0.633. The van der Waals surface area contributed by atoms with Crippen molar-refractivity contribution in [1.29, 1.82) is 0 Å². The second-order valence-electron chi connectivity index (χ2n) is 5.90. The molecule has 2 aromatic rings. The maximum Gasteiger partial charge on any atom is 0.272 e. The quantitative estimate of drug-likeness (QED) is 0.893. The number of aromatic nitrogens is 1. The van der Waals surface area contributed by atoms with Gasteiger partial charge in [-0.3, -0.25) is 4.79 Å². The Bertz CT molecular complexity index is 642. The summed E-state index contributed by atoms with van der Waals surface area (Å²) in [4.78, 5) is 17.3. The smallest absolute Gasteiger partial charge is 0.272 e. The monoisotopic (exact) mass is 317 g/mol. The number of benzene rings is 1. The Labute approximate surface area is 135 Å². The van der Waals surface area contributed by atoms with E-state index in [1.807, 2.05) is 12.1 Å². The molecule has 2 heterocycles. The molecule has 4 nitrogen and oxygen atoms in total. The molecule has 0 saturated carbocycles. The number of carbonyl (C=O) groups excluding carboxylic acids is 1. The highest BCUT2D eigenvalue weighted by Crippen LogP contribution is 2.24. The van der Waals surface area contributed by atoms with Crippen LogP contribution < -0.4 is 10.2 Å². The molecule has 1 aliphatic rings. The largest absolute Gasteiger partial charge is 0.372 e. The molecule has 1 fully saturated rings. The first-order chi connectivity index (χ1) is 10.6. The van der Waals surface area contributed by atoms with Crippen LogP contribution in [0.1, 0.15) is 30.3 Å². The minimum Gasteiger partial charge on any atom is -0.372 e. The van der Waals surface area contributed by atoms with E-state index in [0.717, 1.165) is 24.7 Å². The van der Waals surface area contributed by atoms with Gasteiger partial charge in [0.15, 0.2) is 0 Å². The van der Waals surface area contributed by atoms with Gasteiger partial charge in [0.25, 0.3) is 5.91 Å². The molecule has 1 amide bonds. The van der Waals surface area contributed by atoms with Gasteiger partial charge >= 0.3 is 0 Å². The van der Waals surface area contributed by atoms with E-state index in [1.165, 1.54) is 18.5 Å². The zero-order chi connectivity index (χ0) is 15.5. The molecule has 0 atom stereocenters. The first-order valence-electron chi connectivity index (χ1n) is 7.62. The molecule has 0 bridgehead atoms. The van der Waals surface area contributed by atoms with E-state index in [1.54, 1.807) is 12.3 Å². The normalized spacial score (nSPS) is 15.8. The Morgan fingerprint density at radius 2 is 1.95 bits per heavy atom. The highest BCUT2D eigenvalue weighted by Gasteiger charge is 2.16. The predicted octanol–water partition coefficient (Wildman–Crippen LogP) is 4.16. The second-order valence-corrected chi connectivity index (χ2v) is 6.34. The summed E-state index contributed by atoms with van der Waals surface area (Å²) in [6, 6.07) is 9.62. The summed E-state index contributed by atoms with van der Waals surface area (Å²) < 4.78 is 0. The standard InChI is InChI=1S/C17H20ClN3O/c1-12-6-8-21(9-7-12)15-4-2-14(3-5-15)20-17(22)16-10-13(18)11-19-16/h2-5,10-12,19H,6-9H2,1H3,(H,20,22).